The Bertz CT molecular complexity index is 1460. The molecule has 2 N–H and O–H groups in total. The molecule has 0 radical (unpaired) electrons. The first-order chi connectivity index (χ1) is 19.4. The fourth-order valence-corrected chi connectivity index (χ4v) is 6.58. The van der Waals surface area contributed by atoms with E-state index in [1.807, 2.05) is 18.2 Å². The Kier molecular flexibility index (Phi) is 9.42. The van der Waals surface area contributed by atoms with Gasteiger partial charge in [-0.25, -0.2) is 14.2 Å². The predicted octanol–water partition coefficient (Wildman–Crippen LogP) is 8.31. The van der Waals surface area contributed by atoms with Gasteiger partial charge < -0.3 is 10.1 Å². The monoisotopic (exact) mass is 600 g/mol. The minimum absolute atomic E-state index is 0.0510. The van der Waals surface area contributed by atoms with Crippen LogP contribution in [0.4, 0.5) is 14.3 Å². The normalized spacial score (nSPS) is 15.2. The number of fused-ring (bicyclic) bond motifs is 1. The Labute approximate surface area is 247 Å². The maximum atomic E-state index is 13.9. The van der Waals surface area contributed by atoms with Crippen molar-refractivity contribution in [3.63, 3.8) is 0 Å². The number of nitrogens with zero attached hydrogens (tertiary/aromatic N) is 2. The molecular formula is C30H31Cl2FN4O2S. The van der Waals surface area contributed by atoms with E-state index in [4.69, 9.17) is 27.9 Å². The third kappa shape index (κ3) is 7.23. The van der Waals surface area contributed by atoms with Gasteiger partial charge in [0.15, 0.2) is 5.13 Å². The van der Waals surface area contributed by atoms with Crippen molar-refractivity contribution < 1.29 is 13.9 Å². The molecule has 1 aliphatic rings. The molecule has 6 nitrogen and oxygen atoms in total. The summed E-state index contributed by atoms with van der Waals surface area (Å²) >= 11 is 13.7. The number of amides is 2. The molecule has 40 heavy (non-hydrogen) atoms. The summed E-state index contributed by atoms with van der Waals surface area (Å²) < 4.78 is 20.8. The van der Waals surface area contributed by atoms with Gasteiger partial charge in [0, 0.05) is 23.7 Å². The van der Waals surface area contributed by atoms with Crippen molar-refractivity contribution in [3.05, 3.63) is 87.7 Å². The lowest BCUT2D eigenvalue weighted by Crippen LogP contribution is -2.35. The maximum absolute atomic E-state index is 13.9. The molecule has 1 atom stereocenters. The topological polar surface area (TPSA) is 66.5 Å². The summed E-state index contributed by atoms with van der Waals surface area (Å²) in [7, 11) is 0. The highest BCUT2D eigenvalue weighted by molar-refractivity contribution is 7.22. The lowest BCUT2D eigenvalue weighted by molar-refractivity contribution is 0.172. The zero-order valence-electron chi connectivity index (χ0n) is 22.1. The van der Waals surface area contributed by atoms with E-state index in [1.165, 1.54) is 29.0 Å². The van der Waals surface area contributed by atoms with Gasteiger partial charge in [0.05, 0.1) is 15.2 Å². The molecule has 0 aliphatic carbocycles. The first-order valence-corrected chi connectivity index (χ1v) is 14.9. The van der Waals surface area contributed by atoms with Crippen molar-refractivity contribution >= 4 is 55.9 Å². The van der Waals surface area contributed by atoms with Crippen molar-refractivity contribution in [3.8, 4) is 5.75 Å². The summed E-state index contributed by atoms with van der Waals surface area (Å²) in [5.41, 5.74) is 2.49. The second kappa shape index (κ2) is 13.2. The molecule has 2 amide bonds. The average Bonchev–Trinajstić information content (AvgIpc) is 3.34. The third-order valence-electron chi connectivity index (χ3n) is 7.17. The van der Waals surface area contributed by atoms with Crippen molar-refractivity contribution in [1.29, 1.82) is 0 Å². The molecule has 1 fully saturated rings. The zero-order chi connectivity index (χ0) is 28.1. The van der Waals surface area contributed by atoms with Gasteiger partial charge in [0.2, 0.25) is 0 Å². The molecule has 3 aromatic carbocycles. The molecule has 2 heterocycles. The van der Waals surface area contributed by atoms with Gasteiger partial charge in [0.25, 0.3) is 0 Å². The molecule has 1 aromatic heterocycles. The number of halogens is 3. The van der Waals surface area contributed by atoms with E-state index in [2.05, 4.69) is 44.8 Å². The van der Waals surface area contributed by atoms with E-state index in [-0.39, 0.29) is 11.1 Å². The second-order valence-corrected chi connectivity index (χ2v) is 11.9. The van der Waals surface area contributed by atoms with E-state index in [0.29, 0.717) is 33.9 Å². The maximum Gasteiger partial charge on any atom is 0.321 e. The predicted molar refractivity (Wildman–Crippen MR) is 161 cm³/mol. The summed E-state index contributed by atoms with van der Waals surface area (Å²) in [6.07, 6.45) is 2.69. The minimum Gasteiger partial charge on any atom is -0.486 e. The summed E-state index contributed by atoms with van der Waals surface area (Å²) in [5, 5.41) is 6.60. The van der Waals surface area contributed by atoms with E-state index in [9.17, 15) is 9.18 Å². The first-order valence-electron chi connectivity index (χ1n) is 13.4. The van der Waals surface area contributed by atoms with Crippen molar-refractivity contribution in [2.45, 2.75) is 38.8 Å². The van der Waals surface area contributed by atoms with Crippen LogP contribution in [0.15, 0.2) is 60.7 Å². The van der Waals surface area contributed by atoms with Crippen LogP contribution in [-0.2, 0) is 6.54 Å². The number of nitrogens with one attached hydrogen (secondary N) is 2. The number of urea groups is 1. The van der Waals surface area contributed by atoms with E-state index in [1.54, 1.807) is 13.0 Å². The molecule has 0 saturated carbocycles. The molecule has 0 bridgehead atoms. The minimum atomic E-state index is -0.569. The van der Waals surface area contributed by atoms with Crippen LogP contribution < -0.4 is 15.4 Å². The van der Waals surface area contributed by atoms with Crippen molar-refractivity contribution in [2.75, 3.05) is 25.0 Å². The van der Waals surface area contributed by atoms with Crippen LogP contribution in [0, 0.1) is 11.7 Å². The van der Waals surface area contributed by atoms with Crippen LogP contribution in [0.2, 0.25) is 10.0 Å². The number of thiazole rings is 1. The van der Waals surface area contributed by atoms with E-state index in [0.717, 1.165) is 49.1 Å². The Morgan fingerprint density at radius 2 is 1.93 bits per heavy atom. The number of ether oxygens (including phenoxy) is 1. The van der Waals surface area contributed by atoms with Gasteiger partial charge >= 0.3 is 6.03 Å². The van der Waals surface area contributed by atoms with Gasteiger partial charge in [-0.2, -0.15) is 0 Å². The lowest BCUT2D eigenvalue weighted by atomic mass is 9.93. The number of hydrogen-bond acceptors (Lipinski definition) is 5. The summed E-state index contributed by atoms with van der Waals surface area (Å²) in [6.45, 7) is 5.56. The van der Waals surface area contributed by atoms with E-state index < -0.39 is 11.9 Å². The number of carbonyl (C=O) groups excluding carboxylic acids is 1. The number of anilines is 1. The highest BCUT2D eigenvalue weighted by Crippen LogP contribution is 2.36. The van der Waals surface area contributed by atoms with Crippen LogP contribution in [0.25, 0.3) is 10.2 Å². The van der Waals surface area contributed by atoms with Crippen molar-refractivity contribution in [2.24, 2.45) is 5.92 Å². The Hall–Kier alpha value is -2.91. The summed E-state index contributed by atoms with van der Waals surface area (Å²) in [4.78, 5) is 19.5. The van der Waals surface area contributed by atoms with Crippen LogP contribution in [0.3, 0.4) is 0 Å². The number of piperidine rings is 1. The van der Waals surface area contributed by atoms with Crippen LogP contribution in [0.1, 0.15) is 43.4 Å². The van der Waals surface area contributed by atoms with Gasteiger partial charge in [-0.1, -0.05) is 64.9 Å². The largest absolute Gasteiger partial charge is 0.486 e. The summed E-state index contributed by atoms with van der Waals surface area (Å²) in [5.74, 6) is 0.631. The molecule has 1 saturated heterocycles. The molecule has 4 aromatic rings. The van der Waals surface area contributed by atoms with Crippen molar-refractivity contribution in [1.82, 2.24) is 15.2 Å². The number of rotatable bonds is 9. The van der Waals surface area contributed by atoms with Gasteiger partial charge in [-0.3, -0.25) is 10.2 Å². The third-order valence-corrected chi connectivity index (χ3v) is 8.82. The first kappa shape index (κ1) is 28.6. The van der Waals surface area contributed by atoms with Gasteiger partial charge in [0.1, 0.15) is 17.7 Å². The SMILES string of the molecule is CC(Oc1ccc2nc(NC(=O)NCCC3CCN(Cc4ccccc4)CC3)sc2c1)c1c(Cl)ccc(F)c1Cl. The zero-order valence-corrected chi connectivity index (χ0v) is 24.5. The van der Waals surface area contributed by atoms with Crippen LogP contribution in [0.5, 0.6) is 5.75 Å². The highest BCUT2D eigenvalue weighted by atomic mass is 35.5. The average molecular weight is 602 g/mol. The molecule has 5 rings (SSSR count). The fourth-order valence-electron chi connectivity index (χ4n) is 5.02. The standard InChI is InChI=1S/C30H31Cl2FN4O2S/c1-19(27-23(31)8-9-24(33)28(27)32)39-22-7-10-25-26(17-22)40-30(35-25)36-29(38)34-14-11-20-12-15-37(16-13-20)18-21-5-3-2-4-6-21/h2-10,17,19-20H,11-16,18H2,1H3,(H2,34,35,36,38). The number of likely N-dealkylation sites (tertiary alicyclic amines) is 1. The number of hydrogen-bond donors (Lipinski definition) is 2. The smallest absolute Gasteiger partial charge is 0.321 e. The molecule has 210 valence electrons. The van der Waals surface area contributed by atoms with Crippen LogP contribution in [-0.4, -0.2) is 35.5 Å². The Morgan fingerprint density at radius 3 is 2.70 bits per heavy atom. The van der Waals surface area contributed by atoms with Gasteiger partial charge in [-0.15, -0.1) is 0 Å². The fraction of sp³-hybridized carbons (Fsp3) is 0.333. The van der Waals surface area contributed by atoms with E-state index >= 15 is 0 Å². The van der Waals surface area contributed by atoms with Crippen LogP contribution >= 0.6 is 34.5 Å². The summed E-state index contributed by atoms with van der Waals surface area (Å²) in [6, 6.07) is 18.4. The number of carbonyl (C=O) groups is 1. The number of benzene rings is 3. The Morgan fingerprint density at radius 1 is 1.15 bits per heavy atom. The quantitative estimate of drug-likeness (QED) is 0.190. The molecule has 1 unspecified atom stereocenters. The van der Waals surface area contributed by atoms with Gasteiger partial charge in [-0.05, 0) is 81.1 Å². The molecule has 10 heteroatoms. The molecular weight excluding hydrogens is 570 g/mol. The second-order valence-electron chi connectivity index (χ2n) is 10.0. The molecule has 0 spiro atoms. The lowest BCUT2D eigenvalue weighted by Gasteiger charge is -2.32. The number of aromatic nitrogens is 1. The molecule has 1 aliphatic heterocycles. The Balaban J connectivity index is 1.08. The highest BCUT2D eigenvalue weighted by Gasteiger charge is 2.20.